The highest BCUT2D eigenvalue weighted by Gasteiger charge is 2.25. The molecule has 36 heavy (non-hydrogen) atoms. The Bertz CT molecular complexity index is 1550. The molecule has 1 fully saturated rings. The van der Waals surface area contributed by atoms with Gasteiger partial charge in [0.1, 0.15) is 16.4 Å². The topological polar surface area (TPSA) is 138 Å². The zero-order chi connectivity index (χ0) is 26.2. The maximum absolute atomic E-state index is 15.0. The number of carboxylic acid groups (broad SMARTS) is 1. The highest BCUT2D eigenvalue weighted by Crippen LogP contribution is 2.27. The molecule has 2 heterocycles. The quantitative estimate of drug-likeness (QED) is 0.375. The van der Waals surface area contributed by atoms with Crippen LogP contribution in [0.25, 0.3) is 10.9 Å². The number of nitrogens with zero attached hydrogens (tertiary/aromatic N) is 4. The fraction of sp³-hybridized carbons (Fsp3) is 0.261. The number of piperazine rings is 1. The van der Waals surface area contributed by atoms with Gasteiger partial charge in [-0.3, -0.25) is 4.79 Å². The maximum atomic E-state index is 15.0. The zero-order valence-electron chi connectivity index (χ0n) is 19.2. The summed E-state index contributed by atoms with van der Waals surface area (Å²) in [5.41, 5.74) is 5.73. The fourth-order valence-electron chi connectivity index (χ4n) is 4.20. The molecule has 1 saturated heterocycles. The molecule has 2 aromatic carbocycles. The smallest absolute Gasteiger partial charge is 0.352 e. The van der Waals surface area contributed by atoms with Crippen molar-refractivity contribution >= 4 is 50.1 Å². The Balaban J connectivity index is 1.60. The van der Waals surface area contributed by atoms with E-state index in [-0.39, 0.29) is 65.4 Å². The highest BCUT2D eigenvalue weighted by molar-refractivity contribution is 7.90. The first-order valence-corrected chi connectivity index (χ1v) is 12.8. The molecule has 4 rings (SSSR count). The van der Waals surface area contributed by atoms with E-state index < -0.39 is 27.2 Å². The van der Waals surface area contributed by atoms with Crippen molar-refractivity contribution in [1.82, 2.24) is 9.47 Å². The molecule has 0 unspecified atom stereocenters. The van der Waals surface area contributed by atoms with Crippen LogP contribution in [0.3, 0.4) is 0 Å². The third-order valence-electron chi connectivity index (χ3n) is 5.99. The van der Waals surface area contributed by atoms with Crippen LogP contribution in [-0.4, -0.2) is 61.1 Å². The summed E-state index contributed by atoms with van der Waals surface area (Å²) < 4.78 is 45.4. The van der Waals surface area contributed by atoms with Crippen molar-refractivity contribution in [1.29, 1.82) is 0 Å². The van der Waals surface area contributed by atoms with Crippen LogP contribution in [-0.2, 0) is 16.6 Å². The number of hydrogen-bond acceptors (Lipinski definition) is 5. The molecule has 10 nitrogen and oxygen atoms in total. The summed E-state index contributed by atoms with van der Waals surface area (Å²) in [6, 6.07) is 9.47. The number of guanidine groups is 1. The number of nitrogens with two attached hydrogens (primary N) is 1. The molecule has 0 spiro atoms. The lowest BCUT2D eigenvalue weighted by Gasteiger charge is -2.36. The summed E-state index contributed by atoms with van der Waals surface area (Å²) in [5, 5.41) is 9.60. The molecule has 1 aromatic heterocycles. The molecule has 0 atom stereocenters. The van der Waals surface area contributed by atoms with Crippen molar-refractivity contribution in [3.8, 4) is 0 Å². The van der Waals surface area contributed by atoms with Crippen LogP contribution in [0.2, 0.25) is 5.02 Å². The van der Waals surface area contributed by atoms with Gasteiger partial charge in [0.25, 0.3) is 10.0 Å². The van der Waals surface area contributed by atoms with E-state index in [9.17, 15) is 23.1 Å². The number of hydrogen-bond donors (Lipinski definition) is 2. The van der Waals surface area contributed by atoms with Gasteiger partial charge in [0.2, 0.25) is 5.96 Å². The van der Waals surface area contributed by atoms with Gasteiger partial charge in [-0.15, -0.1) is 4.40 Å². The number of fused-ring (bicyclic) bond motifs is 1. The van der Waals surface area contributed by atoms with Gasteiger partial charge in [-0.05, 0) is 31.2 Å². The Morgan fingerprint density at radius 1 is 1.17 bits per heavy atom. The van der Waals surface area contributed by atoms with Crippen molar-refractivity contribution in [2.45, 2.75) is 18.4 Å². The third-order valence-corrected chi connectivity index (χ3v) is 7.77. The third kappa shape index (κ3) is 4.73. The number of halogens is 2. The van der Waals surface area contributed by atoms with E-state index in [1.165, 1.54) is 28.8 Å². The van der Waals surface area contributed by atoms with Crippen LogP contribution < -0.4 is 16.1 Å². The maximum Gasteiger partial charge on any atom is 0.352 e. The summed E-state index contributed by atoms with van der Waals surface area (Å²) >= 11 is 5.98. The van der Waals surface area contributed by atoms with Gasteiger partial charge in [0.05, 0.1) is 16.2 Å². The Labute approximate surface area is 211 Å². The number of carboxylic acids is 1. The van der Waals surface area contributed by atoms with Crippen LogP contribution >= 0.6 is 11.6 Å². The van der Waals surface area contributed by atoms with Crippen molar-refractivity contribution in [3.63, 3.8) is 0 Å². The SMILES string of the molecule is CCn1c(C(=O)O)cc(=O)c2cc(F)c(N3CCN(/C(N)=N/S(=O)(=O)c4ccccc4Cl)CC3)cc21. The van der Waals surface area contributed by atoms with E-state index in [4.69, 9.17) is 17.3 Å². The van der Waals surface area contributed by atoms with Gasteiger partial charge in [-0.2, -0.15) is 8.42 Å². The number of benzene rings is 2. The van der Waals surface area contributed by atoms with E-state index in [0.717, 1.165) is 12.1 Å². The van der Waals surface area contributed by atoms with E-state index >= 15 is 4.39 Å². The molecule has 0 radical (unpaired) electrons. The van der Waals surface area contributed by atoms with Crippen molar-refractivity contribution in [3.05, 3.63) is 69.2 Å². The van der Waals surface area contributed by atoms with E-state index in [0.29, 0.717) is 5.52 Å². The predicted octanol–water partition coefficient (Wildman–Crippen LogP) is 2.34. The van der Waals surface area contributed by atoms with E-state index in [2.05, 4.69) is 4.40 Å². The number of rotatable bonds is 5. The average molecular weight is 536 g/mol. The molecule has 1 aliphatic heterocycles. The summed E-state index contributed by atoms with van der Waals surface area (Å²) in [6.07, 6.45) is 0. The minimum absolute atomic E-state index is 0.0299. The number of aromatic carboxylic acids is 1. The Kier molecular flexibility index (Phi) is 6.92. The summed E-state index contributed by atoms with van der Waals surface area (Å²) in [7, 11) is -4.12. The second kappa shape index (κ2) is 9.78. The van der Waals surface area contributed by atoms with Crippen molar-refractivity contribution in [2.75, 3.05) is 31.1 Å². The van der Waals surface area contributed by atoms with Gasteiger partial charge >= 0.3 is 5.97 Å². The molecule has 13 heteroatoms. The Hall–Kier alpha value is -3.64. The van der Waals surface area contributed by atoms with E-state index in [1.54, 1.807) is 22.8 Å². The summed E-state index contributed by atoms with van der Waals surface area (Å²) in [4.78, 5) is 27.2. The lowest BCUT2D eigenvalue weighted by atomic mass is 10.1. The Morgan fingerprint density at radius 2 is 1.83 bits per heavy atom. The number of aromatic nitrogens is 1. The highest BCUT2D eigenvalue weighted by atomic mass is 35.5. The van der Waals surface area contributed by atoms with Crippen molar-refractivity contribution < 1.29 is 22.7 Å². The molecule has 0 bridgehead atoms. The summed E-state index contributed by atoms with van der Waals surface area (Å²) in [6.45, 7) is 3.06. The predicted molar refractivity (Wildman–Crippen MR) is 135 cm³/mol. The van der Waals surface area contributed by atoms with Crippen LogP contribution in [0.15, 0.2) is 56.6 Å². The minimum atomic E-state index is -4.12. The first kappa shape index (κ1) is 25.5. The first-order chi connectivity index (χ1) is 17.0. The lowest BCUT2D eigenvalue weighted by molar-refractivity contribution is 0.0685. The molecule has 3 N–H and O–H groups in total. The van der Waals surface area contributed by atoms with Gasteiger partial charge in [0, 0.05) is 44.2 Å². The number of anilines is 1. The number of sulfonamides is 1. The molecule has 1 aliphatic rings. The largest absolute Gasteiger partial charge is 0.477 e. The molecule has 3 aromatic rings. The molecular weight excluding hydrogens is 513 g/mol. The first-order valence-electron chi connectivity index (χ1n) is 11.0. The normalized spacial score (nSPS) is 14.9. The van der Waals surface area contributed by atoms with Crippen LogP contribution in [0, 0.1) is 5.82 Å². The second-order valence-electron chi connectivity index (χ2n) is 8.09. The molecule has 0 aliphatic carbocycles. The Morgan fingerprint density at radius 3 is 2.44 bits per heavy atom. The summed E-state index contributed by atoms with van der Waals surface area (Å²) in [5.74, 6) is -2.09. The molecular formula is C23H23ClFN5O5S. The van der Waals surface area contributed by atoms with Crippen LogP contribution in [0.5, 0.6) is 0 Å². The molecule has 0 saturated carbocycles. The number of pyridine rings is 1. The van der Waals surface area contributed by atoms with E-state index in [1.807, 2.05) is 0 Å². The zero-order valence-corrected chi connectivity index (χ0v) is 20.8. The molecule has 0 amide bonds. The lowest BCUT2D eigenvalue weighted by Crippen LogP contribution is -2.51. The number of carbonyl (C=O) groups is 1. The van der Waals surface area contributed by atoms with Crippen molar-refractivity contribution in [2.24, 2.45) is 10.1 Å². The van der Waals surface area contributed by atoms with Gasteiger partial charge in [-0.1, -0.05) is 23.7 Å². The van der Waals surface area contributed by atoms with Gasteiger partial charge in [0.15, 0.2) is 5.43 Å². The average Bonchev–Trinajstić information content (AvgIpc) is 2.84. The molecule has 190 valence electrons. The second-order valence-corrected chi connectivity index (χ2v) is 10.1. The van der Waals surface area contributed by atoms with Gasteiger partial charge < -0.3 is 25.2 Å². The monoisotopic (exact) mass is 535 g/mol. The number of aryl methyl sites for hydroxylation is 1. The van der Waals surface area contributed by atoms with Gasteiger partial charge in [-0.25, -0.2) is 9.18 Å². The van der Waals surface area contributed by atoms with Crippen LogP contribution in [0.4, 0.5) is 10.1 Å². The fourth-order valence-corrected chi connectivity index (χ4v) is 5.66. The minimum Gasteiger partial charge on any atom is -0.477 e. The van der Waals surface area contributed by atoms with Crippen LogP contribution in [0.1, 0.15) is 17.4 Å². The standard InChI is InChI=1S/C23H23ClFN5O5S/c1-2-30-17-12-18(16(25)11-14(17)20(31)13-19(30)22(32)33)28-7-9-29(10-8-28)23(26)27-36(34,35)21-6-4-3-5-15(21)24/h3-6,11-13H,2,7-10H2,1H3,(H2,26,27)(H,32,33).